The van der Waals surface area contributed by atoms with Crippen molar-refractivity contribution in [3.05, 3.63) is 95.6 Å². The Labute approximate surface area is 169 Å². The molecule has 0 spiro atoms. The van der Waals surface area contributed by atoms with Crippen LogP contribution in [0.4, 0.5) is 0 Å². The number of ether oxygens (including phenoxy) is 3. The Balaban J connectivity index is 1.84. The highest BCUT2D eigenvalue weighted by atomic mass is 16.5. The van der Waals surface area contributed by atoms with Crippen LogP contribution in [0.25, 0.3) is 0 Å². The van der Waals surface area contributed by atoms with E-state index in [-0.39, 0.29) is 0 Å². The van der Waals surface area contributed by atoms with E-state index in [0.717, 1.165) is 11.1 Å². The Bertz CT molecular complexity index is 938. The minimum absolute atomic E-state index is 0.329. The van der Waals surface area contributed by atoms with Gasteiger partial charge in [0.2, 0.25) is 0 Å². The number of benzene rings is 3. The van der Waals surface area contributed by atoms with Gasteiger partial charge in [-0.05, 0) is 28.8 Å². The summed E-state index contributed by atoms with van der Waals surface area (Å²) in [6, 6.07) is 24.5. The smallest absolute Gasteiger partial charge is 0.320 e. The molecule has 0 amide bonds. The molecule has 0 saturated heterocycles. The maximum Gasteiger partial charge on any atom is 0.320 e. The van der Waals surface area contributed by atoms with Crippen LogP contribution in [0.15, 0.2) is 78.9 Å². The van der Waals surface area contributed by atoms with E-state index in [4.69, 9.17) is 14.2 Å². The van der Waals surface area contributed by atoms with Crippen molar-refractivity contribution < 1.29 is 23.8 Å². The fraction of sp³-hybridized carbons (Fsp3) is 0.167. The summed E-state index contributed by atoms with van der Waals surface area (Å²) in [7, 11) is 1.25. The standard InChI is InChI=1S/C24H22O5/c1-27-24(26)21(15-25)20-12-13-22(28-16-18-8-4-2-5-9-18)23(14-20)29-17-19-10-6-3-7-11-19/h2-15,21H,16-17H2,1H3. The predicted molar refractivity (Wildman–Crippen MR) is 109 cm³/mol. The average molecular weight is 390 g/mol. The van der Waals surface area contributed by atoms with E-state index in [1.807, 2.05) is 60.7 Å². The summed E-state index contributed by atoms with van der Waals surface area (Å²) in [5.74, 6) is -0.643. The number of carbonyl (C=O) groups is 2. The molecule has 0 heterocycles. The third-order valence-corrected chi connectivity index (χ3v) is 4.39. The van der Waals surface area contributed by atoms with Crippen LogP contribution in [0.2, 0.25) is 0 Å². The van der Waals surface area contributed by atoms with Gasteiger partial charge in [-0.3, -0.25) is 4.79 Å². The number of rotatable bonds is 9. The highest BCUT2D eigenvalue weighted by Gasteiger charge is 2.22. The van der Waals surface area contributed by atoms with Crippen molar-refractivity contribution in [2.24, 2.45) is 0 Å². The van der Waals surface area contributed by atoms with E-state index >= 15 is 0 Å². The molecule has 5 heteroatoms. The van der Waals surface area contributed by atoms with Crippen molar-refractivity contribution >= 4 is 12.3 Å². The molecule has 0 aliphatic heterocycles. The molecule has 29 heavy (non-hydrogen) atoms. The lowest BCUT2D eigenvalue weighted by Crippen LogP contribution is -2.15. The maximum absolute atomic E-state index is 11.9. The predicted octanol–water partition coefficient (Wildman–Crippen LogP) is 4.30. The molecule has 0 fully saturated rings. The monoisotopic (exact) mass is 390 g/mol. The quantitative estimate of drug-likeness (QED) is 0.310. The van der Waals surface area contributed by atoms with Crippen LogP contribution in [0, 0.1) is 0 Å². The zero-order valence-corrected chi connectivity index (χ0v) is 16.1. The molecule has 148 valence electrons. The minimum atomic E-state index is -1.01. The van der Waals surface area contributed by atoms with Crippen molar-refractivity contribution in [3.63, 3.8) is 0 Å². The summed E-state index contributed by atoms with van der Waals surface area (Å²) in [5.41, 5.74) is 2.50. The van der Waals surface area contributed by atoms with Crippen molar-refractivity contribution in [3.8, 4) is 11.5 Å². The Morgan fingerprint density at radius 1 is 0.828 bits per heavy atom. The third kappa shape index (κ3) is 5.45. The summed E-state index contributed by atoms with van der Waals surface area (Å²) in [6.07, 6.45) is 0.562. The van der Waals surface area contributed by atoms with E-state index in [1.54, 1.807) is 18.2 Å². The zero-order chi connectivity index (χ0) is 20.5. The molecule has 0 saturated carbocycles. The van der Waals surface area contributed by atoms with Gasteiger partial charge in [-0.1, -0.05) is 66.7 Å². The van der Waals surface area contributed by atoms with Gasteiger partial charge in [0.1, 0.15) is 25.4 Å². The van der Waals surface area contributed by atoms with E-state index in [9.17, 15) is 9.59 Å². The summed E-state index contributed by atoms with van der Waals surface area (Å²) in [6.45, 7) is 0.700. The Hall–Kier alpha value is -3.60. The fourth-order valence-corrected chi connectivity index (χ4v) is 2.82. The second-order valence-electron chi connectivity index (χ2n) is 6.39. The SMILES string of the molecule is COC(=O)C(C=O)c1ccc(OCc2ccccc2)c(OCc2ccccc2)c1. The van der Waals surface area contributed by atoms with E-state index in [1.165, 1.54) is 7.11 Å². The summed E-state index contributed by atoms with van der Waals surface area (Å²) < 4.78 is 16.6. The highest BCUT2D eigenvalue weighted by Crippen LogP contribution is 2.32. The molecule has 0 radical (unpaired) electrons. The van der Waals surface area contributed by atoms with Crippen molar-refractivity contribution in [2.45, 2.75) is 19.1 Å². The second kappa shape index (κ2) is 10.1. The first-order chi connectivity index (χ1) is 14.2. The number of hydrogen-bond acceptors (Lipinski definition) is 5. The summed E-state index contributed by atoms with van der Waals surface area (Å²) >= 11 is 0. The first kappa shape index (κ1) is 20.1. The molecule has 0 aromatic heterocycles. The number of esters is 1. The van der Waals surface area contributed by atoms with Crippen LogP contribution in [-0.2, 0) is 27.5 Å². The van der Waals surface area contributed by atoms with Gasteiger partial charge < -0.3 is 19.0 Å². The average Bonchev–Trinajstić information content (AvgIpc) is 2.78. The van der Waals surface area contributed by atoms with Gasteiger partial charge in [0.25, 0.3) is 0 Å². The molecular weight excluding hydrogens is 368 g/mol. The lowest BCUT2D eigenvalue weighted by atomic mass is 10.0. The normalized spacial score (nSPS) is 11.3. The van der Waals surface area contributed by atoms with Gasteiger partial charge in [0.15, 0.2) is 11.5 Å². The topological polar surface area (TPSA) is 61.8 Å². The first-order valence-corrected chi connectivity index (χ1v) is 9.21. The van der Waals surface area contributed by atoms with Gasteiger partial charge in [-0.2, -0.15) is 0 Å². The molecule has 0 bridgehead atoms. The Morgan fingerprint density at radius 3 is 1.90 bits per heavy atom. The van der Waals surface area contributed by atoms with Gasteiger partial charge in [-0.25, -0.2) is 0 Å². The van der Waals surface area contributed by atoms with Crippen LogP contribution in [0.3, 0.4) is 0 Å². The molecule has 0 aliphatic rings. The van der Waals surface area contributed by atoms with Gasteiger partial charge in [0, 0.05) is 0 Å². The lowest BCUT2D eigenvalue weighted by molar-refractivity contribution is -0.143. The number of methoxy groups -OCH3 is 1. The summed E-state index contributed by atoms with van der Waals surface area (Å²) in [5, 5.41) is 0. The summed E-state index contributed by atoms with van der Waals surface area (Å²) in [4.78, 5) is 23.3. The largest absolute Gasteiger partial charge is 0.485 e. The highest BCUT2D eigenvalue weighted by molar-refractivity contribution is 5.94. The molecule has 3 aromatic carbocycles. The number of aldehydes is 1. The van der Waals surface area contributed by atoms with Crippen molar-refractivity contribution in [1.29, 1.82) is 0 Å². The molecule has 5 nitrogen and oxygen atoms in total. The van der Waals surface area contributed by atoms with E-state index < -0.39 is 11.9 Å². The van der Waals surface area contributed by atoms with Crippen LogP contribution in [0.5, 0.6) is 11.5 Å². The van der Waals surface area contributed by atoms with Gasteiger partial charge in [0.05, 0.1) is 7.11 Å². The molecule has 3 rings (SSSR count). The molecule has 1 unspecified atom stereocenters. The van der Waals surface area contributed by atoms with Crippen LogP contribution >= 0.6 is 0 Å². The van der Waals surface area contributed by atoms with E-state index in [2.05, 4.69) is 0 Å². The molecular formula is C24H22O5. The minimum Gasteiger partial charge on any atom is -0.485 e. The van der Waals surface area contributed by atoms with E-state index in [0.29, 0.717) is 36.6 Å². The van der Waals surface area contributed by atoms with Crippen molar-refractivity contribution in [2.75, 3.05) is 7.11 Å². The Kier molecular flexibility index (Phi) is 7.00. The third-order valence-electron chi connectivity index (χ3n) is 4.39. The molecule has 0 aliphatic carbocycles. The number of carbonyl (C=O) groups excluding carboxylic acids is 2. The fourth-order valence-electron chi connectivity index (χ4n) is 2.82. The van der Waals surface area contributed by atoms with Gasteiger partial charge in [-0.15, -0.1) is 0 Å². The van der Waals surface area contributed by atoms with Crippen LogP contribution in [-0.4, -0.2) is 19.4 Å². The molecule has 3 aromatic rings. The molecule has 1 atom stereocenters. The van der Waals surface area contributed by atoms with Crippen LogP contribution in [0.1, 0.15) is 22.6 Å². The van der Waals surface area contributed by atoms with Crippen molar-refractivity contribution in [1.82, 2.24) is 0 Å². The van der Waals surface area contributed by atoms with Gasteiger partial charge >= 0.3 is 5.97 Å². The number of hydrogen-bond donors (Lipinski definition) is 0. The molecule has 0 N–H and O–H groups in total. The first-order valence-electron chi connectivity index (χ1n) is 9.21. The van der Waals surface area contributed by atoms with Crippen LogP contribution < -0.4 is 9.47 Å². The maximum atomic E-state index is 11.9. The zero-order valence-electron chi connectivity index (χ0n) is 16.1. The second-order valence-corrected chi connectivity index (χ2v) is 6.39. The Morgan fingerprint density at radius 2 is 1.38 bits per heavy atom. The lowest BCUT2D eigenvalue weighted by Gasteiger charge is -2.16.